The van der Waals surface area contributed by atoms with E-state index in [9.17, 15) is 28.8 Å². The van der Waals surface area contributed by atoms with Crippen molar-refractivity contribution in [3.8, 4) is 10.8 Å². The number of hydrogen-bond acceptors (Lipinski definition) is 11. The quantitative estimate of drug-likeness (QED) is 0.134. The molecule has 14 nitrogen and oxygen atoms in total. The van der Waals surface area contributed by atoms with Crippen LogP contribution >= 0.6 is 22.9 Å². The Morgan fingerprint density at radius 1 is 1.00 bits per heavy atom. The first-order valence-corrected chi connectivity index (χ1v) is 19.6. The van der Waals surface area contributed by atoms with Gasteiger partial charge in [-0.3, -0.25) is 48.5 Å². The summed E-state index contributed by atoms with van der Waals surface area (Å²) < 4.78 is 7.74. The lowest BCUT2D eigenvalue weighted by molar-refractivity contribution is -0.141. The number of amides is 5. The van der Waals surface area contributed by atoms with Crippen molar-refractivity contribution in [2.45, 2.75) is 84.2 Å². The Kier molecular flexibility index (Phi) is 10.7. The largest absolute Gasteiger partial charge is 0.485 e. The Morgan fingerprint density at radius 2 is 1.77 bits per heavy atom. The first-order valence-electron chi connectivity index (χ1n) is 18.4. The van der Waals surface area contributed by atoms with Crippen LogP contribution in [-0.4, -0.2) is 79.4 Å². The number of carbonyl (C=O) groups excluding carboxylic acids is 6. The molecule has 0 saturated carbocycles. The minimum absolute atomic E-state index is 0.00221. The Morgan fingerprint density at radius 3 is 2.52 bits per heavy atom. The van der Waals surface area contributed by atoms with Crippen LogP contribution in [0.15, 0.2) is 47.5 Å². The van der Waals surface area contributed by atoms with E-state index in [1.54, 1.807) is 17.4 Å². The second kappa shape index (κ2) is 15.5. The summed E-state index contributed by atoms with van der Waals surface area (Å²) >= 11 is 7.86. The second-order valence-electron chi connectivity index (χ2n) is 14.4. The number of aliphatic imine (C=N–C) groups is 1. The van der Waals surface area contributed by atoms with E-state index in [2.05, 4.69) is 34.7 Å². The van der Waals surface area contributed by atoms with Gasteiger partial charge in [-0.1, -0.05) is 36.2 Å². The maximum Gasteiger partial charge on any atom is 0.266 e. The highest BCUT2D eigenvalue weighted by Crippen LogP contribution is 2.40. The molecule has 0 radical (unpaired) electrons. The van der Waals surface area contributed by atoms with Gasteiger partial charge in [-0.2, -0.15) is 0 Å². The summed E-state index contributed by atoms with van der Waals surface area (Å²) in [5.74, 6) is -1.56. The number of thiophene rings is 1. The Labute approximate surface area is 331 Å². The van der Waals surface area contributed by atoms with Crippen molar-refractivity contribution in [3.63, 3.8) is 0 Å². The summed E-state index contributed by atoms with van der Waals surface area (Å²) in [7, 11) is 0. The van der Waals surface area contributed by atoms with Crippen LogP contribution in [0, 0.1) is 20.8 Å². The normalized spacial score (nSPS) is 18.8. The molecule has 2 aromatic heterocycles. The highest BCUT2D eigenvalue weighted by Gasteiger charge is 2.53. The van der Waals surface area contributed by atoms with Crippen LogP contribution in [0.4, 0.5) is 0 Å². The smallest absolute Gasteiger partial charge is 0.266 e. The molecule has 0 spiro atoms. The number of fused-ring (bicyclic) bond motifs is 4. The Hall–Kier alpha value is -5.54. The van der Waals surface area contributed by atoms with Crippen molar-refractivity contribution in [3.05, 3.63) is 91.8 Å². The lowest BCUT2D eigenvalue weighted by Gasteiger charge is -2.38. The van der Waals surface area contributed by atoms with Gasteiger partial charge in [0.15, 0.2) is 11.6 Å². The average Bonchev–Trinajstić information content (AvgIpc) is 3.75. The molecule has 3 aliphatic rings. The molecule has 5 heterocycles. The summed E-state index contributed by atoms with van der Waals surface area (Å²) in [6.45, 7) is 7.59. The monoisotopic (exact) mass is 797 g/mol. The Balaban J connectivity index is 0.912. The van der Waals surface area contributed by atoms with Gasteiger partial charge < -0.3 is 10.1 Å². The van der Waals surface area contributed by atoms with Gasteiger partial charge in [-0.15, -0.1) is 21.5 Å². The van der Waals surface area contributed by atoms with E-state index < -0.39 is 35.2 Å². The molecule has 2 N–H and O–H groups in total. The fourth-order valence-electron chi connectivity index (χ4n) is 7.29. The number of piperidine rings is 1. The van der Waals surface area contributed by atoms with E-state index in [4.69, 9.17) is 21.3 Å². The number of nitrogens with one attached hydrogen (secondary N) is 2. The van der Waals surface area contributed by atoms with Crippen LogP contribution in [0.25, 0.3) is 5.00 Å². The molecule has 0 unspecified atom stereocenters. The first-order chi connectivity index (χ1) is 26.8. The molecule has 290 valence electrons. The summed E-state index contributed by atoms with van der Waals surface area (Å²) in [4.78, 5) is 84.4. The molecule has 0 bridgehead atoms. The van der Waals surface area contributed by atoms with E-state index in [1.165, 1.54) is 19.1 Å². The maximum atomic E-state index is 13.5. The predicted molar refractivity (Wildman–Crippen MR) is 208 cm³/mol. The zero-order chi connectivity index (χ0) is 39.9. The van der Waals surface area contributed by atoms with E-state index in [0.29, 0.717) is 42.5 Å². The fraction of sp³-hybridized carbons (Fsp3) is 0.375. The molecule has 4 aromatic rings. The zero-order valence-corrected chi connectivity index (χ0v) is 32.9. The van der Waals surface area contributed by atoms with Crippen molar-refractivity contribution >= 4 is 64.0 Å². The molecule has 5 amide bonds. The van der Waals surface area contributed by atoms with Crippen molar-refractivity contribution in [2.75, 3.05) is 13.2 Å². The predicted octanol–water partition coefficient (Wildman–Crippen LogP) is 5.31. The molecular formula is C40H40ClN7O7S. The number of halogens is 1. The second-order valence-corrected chi connectivity index (χ2v) is 16.0. The zero-order valence-electron chi connectivity index (χ0n) is 31.4. The average molecular weight is 798 g/mol. The van der Waals surface area contributed by atoms with Gasteiger partial charge in [-0.25, -0.2) is 0 Å². The van der Waals surface area contributed by atoms with Crippen molar-refractivity contribution < 1.29 is 33.5 Å². The van der Waals surface area contributed by atoms with Gasteiger partial charge in [0.25, 0.3) is 17.7 Å². The number of nitrogens with zero attached hydrogens (tertiary/aromatic N) is 5. The van der Waals surface area contributed by atoms with Crippen LogP contribution in [0.3, 0.4) is 0 Å². The summed E-state index contributed by atoms with van der Waals surface area (Å²) in [6.07, 6.45) is 2.15. The third kappa shape index (κ3) is 7.16. The van der Waals surface area contributed by atoms with Crippen LogP contribution in [0.2, 0.25) is 5.02 Å². The standard InChI is InChI=1S/C40H40ClN7O7S/c1-21-22(2)56-38-32(21)34(24-12-14-25(41)15-13-24)43-28(35-46-45-23(3)47(35)38)19-31(51)42-18-7-5-6-9-26(49)20-55-29-11-8-10-27-33(29)37(53)48(36(27)52)40(4)17-16-30(50)44-39(40)54/h8,10-15,28H,5-7,9,16-20H2,1-4H3,(H,42,51)(H,44,50,54)/t28-,40+/m0/s1. The summed E-state index contributed by atoms with van der Waals surface area (Å²) in [6, 6.07) is 11.4. The minimum atomic E-state index is -1.54. The number of rotatable bonds is 13. The van der Waals surface area contributed by atoms with E-state index >= 15 is 0 Å². The molecule has 7 rings (SSSR count). The van der Waals surface area contributed by atoms with Gasteiger partial charge in [-0.05, 0) is 76.8 Å². The number of hydrogen-bond donors (Lipinski definition) is 2. The number of ether oxygens (including phenoxy) is 1. The molecular weight excluding hydrogens is 758 g/mol. The van der Waals surface area contributed by atoms with Crippen LogP contribution in [0.5, 0.6) is 5.75 Å². The van der Waals surface area contributed by atoms with Gasteiger partial charge >= 0.3 is 0 Å². The lowest BCUT2D eigenvalue weighted by Crippen LogP contribution is -2.62. The number of benzene rings is 2. The number of carbonyl (C=O) groups is 6. The molecule has 3 aliphatic heterocycles. The number of unbranched alkanes of at least 4 members (excludes halogenated alkanes) is 2. The number of ketones is 1. The number of aryl methyl sites for hydroxylation is 2. The number of Topliss-reactive ketones (excluding diaryl/α,β-unsaturated/α-hetero) is 1. The number of aromatic nitrogens is 3. The molecule has 56 heavy (non-hydrogen) atoms. The van der Waals surface area contributed by atoms with Gasteiger partial charge in [0.1, 0.15) is 34.8 Å². The first kappa shape index (κ1) is 38.7. The van der Waals surface area contributed by atoms with Crippen LogP contribution < -0.4 is 15.4 Å². The van der Waals surface area contributed by atoms with E-state index in [1.807, 2.05) is 35.8 Å². The van der Waals surface area contributed by atoms with Crippen molar-refractivity contribution in [1.29, 1.82) is 0 Å². The van der Waals surface area contributed by atoms with Gasteiger partial charge in [0, 0.05) is 40.4 Å². The van der Waals surface area contributed by atoms with E-state index in [0.717, 1.165) is 37.2 Å². The maximum absolute atomic E-state index is 13.5. The van der Waals surface area contributed by atoms with Crippen LogP contribution in [-0.2, 0) is 19.2 Å². The molecule has 1 saturated heterocycles. The topological polar surface area (TPSA) is 182 Å². The lowest BCUT2D eigenvalue weighted by atomic mass is 9.89. The molecule has 1 fully saturated rings. The molecule has 2 aromatic carbocycles. The highest BCUT2D eigenvalue weighted by atomic mass is 35.5. The van der Waals surface area contributed by atoms with Crippen molar-refractivity contribution in [2.24, 2.45) is 4.99 Å². The van der Waals surface area contributed by atoms with Gasteiger partial charge in [0.05, 0.1) is 23.3 Å². The minimum Gasteiger partial charge on any atom is -0.485 e. The highest BCUT2D eigenvalue weighted by molar-refractivity contribution is 7.15. The van der Waals surface area contributed by atoms with Gasteiger partial charge in [0.2, 0.25) is 11.8 Å². The Bertz CT molecular complexity index is 2330. The summed E-state index contributed by atoms with van der Waals surface area (Å²) in [5, 5.41) is 15.6. The van der Waals surface area contributed by atoms with E-state index in [-0.39, 0.29) is 60.9 Å². The summed E-state index contributed by atoms with van der Waals surface area (Å²) in [5.41, 5.74) is 2.28. The SMILES string of the molecule is Cc1sc2c(c1C)C(c1ccc(Cl)cc1)=N[C@@H](CC(=O)NCCCCCC(=O)COc1cccc3c1C(=O)N([C@]1(C)CCC(=O)NC1=O)C3=O)c1nnc(C)n1-2. The van der Waals surface area contributed by atoms with Crippen molar-refractivity contribution in [1.82, 2.24) is 30.3 Å². The number of imide groups is 2. The third-order valence-electron chi connectivity index (χ3n) is 10.5. The molecule has 0 aliphatic carbocycles. The molecule has 16 heteroatoms. The fourth-order valence-corrected chi connectivity index (χ4v) is 8.63. The third-order valence-corrected chi connectivity index (χ3v) is 12.0. The molecule has 2 atom stereocenters. The van der Waals surface area contributed by atoms with Crippen LogP contribution in [0.1, 0.15) is 112 Å².